The van der Waals surface area contributed by atoms with Gasteiger partial charge in [-0.25, -0.2) is 0 Å². The van der Waals surface area contributed by atoms with Crippen molar-refractivity contribution in [3.05, 3.63) is 35.4 Å². The van der Waals surface area contributed by atoms with Crippen molar-refractivity contribution in [3.8, 4) is 0 Å². The summed E-state index contributed by atoms with van der Waals surface area (Å²) in [7, 11) is 0. The molecule has 0 radical (unpaired) electrons. The van der Waals surface area contributed by atoms with Gasteiger partial charge in [0.15, 0.2) is 0 Å². The number of hydrogen-bond donors (Lipinski definition) is 1. The van der Waals surface area contributed by atoms with Crippen molar-refractivity contribution < 1.29 is 0 Å². The first-order valence-corrected chi connectivity index (χ1v) is 6.33. The smallest absolute Gasteiger partial charge is 0.0297 e. The van der Waals surface area contributed by atoms with E-state index in [0.29, 0.717) is 0 Å². The Balaban J connectivity index is 0.00000144. The highest BCUT2D eigenvalue weighted by Gasteiger charge is 2.24. The molecule has 0 heterocycles. The third-order valence-corrected chi connectivity index (χ3v) is 3.49. The van der Waals surface area contributed by atoms with Crippen LogP contribution in [0.4, 0.5) is 0 Å². The Morgan fingerprint density at radius 1 is 1.18 bits per heavy atom. The number of rotatable bonds is 3. The fraction of sp³-hybridized carbons (Fsp3) is 0.600. The van der Waals surface area contributed by atoms with Gasteiger partial charge in [-0.2, -0.15) is 0 Å². The Morgan fingerprint density at radius 3 is 2.12 bits per heavy atom. The molecule has 0 aromatic heterocycles. The SMILES string of the molecule is CC(C)(C)c1ccc([C@H](N)CC2CC2)cc1.Cl. The Kier molecular flexibility index (Phi) is 4.62. The quantitative estimate of drug-likeness (QED) is 0.858. The van der Waals surface area contributed by atoms with Gasteiger partial charge < -0.3 is 5.73 Å². The average molecular weight is 254 g/mol. The Bertz CT molecular complexity index is 346. The van der Waals surface area contributed by atoms with E-state index in [2.05, 4.69) is 45.0 Å². The van der Waals surface area contributed by atoms with Crippen LogP contribution in [0.15, 0.2) is 24.3 Å². The molecular weight excluding hydrogens is 230 g/mol. The molecule has 0 bridgehead atoms. The van der Waals surface area contributed by atoms with E-state index >= 15 is 0 Å². The molecule has 2 heteroatoms. The lowest BCUT2D eigenvalue weighted by Gasteiger charge is -2.20. The van der Waals surface area contributed by atoms with E-state index in [-0.39, 0.29) is 23.9 Å². The number of benzene rings is 1. The molecule has 1 saturated carbocycles. The van der Waals surface area contributed by atoms with Crippen molar-refractivity contribution in [3.63, 3.8) is 0 Å². The lowest BCUT2D eigenvalue weighted by molar-refractivity contribution is 0.582. The van der Waals surface area contributed by atoms with Crippen LogP contribution in [0.3, 0.4) is 0 Å². The molecule has 1 nitrogen and oxygen atoms in total. The number of nitrogens with two attached hydrogens (primary N) is 1. The van der Waals surface area contributed by atoms with E-state index in [9.17, 15) is 0 Å². The summed E-state index contributed by atoms with van der Waals surface area (Å²) in [4.78, 5) is 0. The molecule has 0 unspecified atom stereocenters. The summed E-state index contributed by atoms with van der Waals surface area (Å²) in [5.41, 5.74) is 9.11. The Morgan fingerprint density at radius 2 is 1.71 bits per heavy atom. The van der Waals surface area contributed by atoms with E-state index in [0.717, 1.165) is 12.3 Å². The predicted octanol–water partition coefficient (Wildman–Crippen LogP) is 4.21. The summed E-state index contributed by atoms with van der Waals surface area (Å²) in [5, 5.41) is 0. The van der Waals surface area contributed by atoms with Gasteiger partial charge in [-0.15, -0.1) is 12.4 Å². The van der Waals surface area contributed by atoms with Crippen molar-refractivity contribution in [1.29, 1.82) is 0 Å². The van der Waals surface area contributed by atoms with E-state index in [1.807, 2.05) is 0 Å². The summed E-state index contributed by atoms with van der Waals surface area (Å²) < 4.78 is 0. The second-order valence-corrected chi connectivity index (χ2v) is 6.16. The normalized spacial score (nSPS) is 17.4. The maximum atomic E-state index is 6.20. The van der Waals surface area contributed by atoms with Gasteiger partial charge in [-0.3, -0.25) is 0 Å². The molecule has 1 aromatic rings. The van der Waals surface area contributed by atoms with Crippen LogP contribution in [-0.4, -0.2) is 0 Å². The maximum Gasteiger partial charge on any atom is 0.0297 e. The van der Waals surface area contributed by atoms with E-state index < -0.39 is 0 Å². The number of hydrogen-bond acceptors (Lipinski definition) is 1. The largest absolute Gasteiger partial charge is 0.324 e. The fourth-order valence-corrected chi connectivity index (χ4v) is 2.08. The molecule has 96 valence electrons. The zero-order valence-corrected chi connectivity index (χ0v) is 11.9. The van der Waals surface area contributed by atoms with Crippen LogP contribution in [-0.2, 0) is 5.41 Å². The highest BCUT2D eigenvalue weighted by molar-refractivity contribution is 5.85. The molecule has 1 atom stereocenters. The fourth-order valence-electron chi connectivity index (χ4n) is 2.08. The monoisotopic (exact) mass is 253 g/mol. The first kappa shape index (κ1) is 14.5. The molecule has 1 aromatic carbocycles. The molecule has 0 saturated heterocycles. The minimum absolute atomic E-state index is 0. The molecule has 17 heavy (non-hydrogen) atoms. The first-order valence-electron chi connectivity index (χ1n) is 6.33. The topological polar surface area (TPSA) is 26.0 Å². The molecule has 2 rings (SSSR count). The summed E-state index contributed by atoms with van der Waals surface area (Å²) in [6.07, 6.45) is 3.93. The lowest BCUT2D eigenvalue weighted by atomic mass is 9.86. The van der Waals surface area contributed by atoms with E-state index in [1.165, 1.54) is 24.0 Å². The van der Waals surface area contributed by atoms with E-state index in [4.69, 9.17) is 5.73 Å². The molecule has 1 aliphatic rings. The molecular formula is C15H24ClN. The molecule has 0 aliphatic heterocycles. The Hall–Kier alpha value is -0.530. The summed E-state index contributed by atoms with van der Waals surface area (Å²) >= 11 is 0. The summed E-state index contributed by atoms with van der Waals surface area (Å²) in [6, 6.07) is 9.09. The average Bonchev–Trinajstić information content (AvgIpc) is 3.00. The van der Waals surface area contributed by atoms with Crippen LogP contribution in [0.1, 0.15) is 57.2 Å². The predicted molar refractivity (Wildman–Crippen MR) is 76.7 cm³/mol. The molecule has 0 spiro atoms. The van der Waals surface area contributed by atoms with Gasteiger partial charge in [0.1, 0.15) is 0 Å². The van der Waals surface area contributed by atoms with E-state index in [1.54, 1.807) is 0 Å². The van der Waals surface area contributed by atoms with Gasteiger partial charge in [0.05, 0.1) is 0 Å². The molecule has 1 fully saturated rings. The minimum Gasteiger partial charge on any atom is -0.324 e. The standard InChI is InChI=1S/C15H23N.ClH/c1-15(2,3)13-8-6-12(7-9-13)14(16)10-11-4-5-11;/h6-9,11,14H,4-5,10,16H2,1-3H3;1H/t14-;/m1./s1. The van der Waals surface area contributed by atoms with Crippen LogP contribution in [0.2, 0.25) is 0 Å². The second kappa shape index (κ2) is 5.41. The van der Waals surface area contributed by atoms with Crippen molar-refractivity contribution >= 4 is 12.4 Å². The highest BCUT2D eigenvalue weighted by atomic mass is 35.5. The van der Waals surface area contributed by atoms with Crippen molar-refractivity contribution in [2.75, 3.05) is 0 Å². The van der Waals surface area contributed by atoms with Crippen LogP contribution in [0.5, 0.6) is 0 Å². The van der Waals surface area contributed by atoms with Gasteiger partial charge in [0.25, 0.3) is 0 Å². The van der Waals surface area contributed by atoms with Crippen molar-refractivity contribution in [1.82, 2.24) is 0 Å². The number of halogens is 1. The molecule has 0 amide bonds. The molecule has 2 N–H and O–H groups in total. The lowest BCUT2D eigenvalue weighted by Crippen LogP contribution is -2.13. The van der Waals surface area contributed by atoms with Crippen LogP contribution < -0.4 is 5.73 Å². The third-order valence-electron chi connectivity index (χ3n) is 3.49. The van der Waals surface area contributed by atoms with Gasteiger partial charge in [-0.1, -0.05) is 57.9 Å². The van der Waals surface area contributed by atoms with Crippen LogP contribution in [0.25, 0.3) is 0 Å². The highest BCUT2D eigenvalue weighted by Crippen LogP contribution is 2.37. The zero-order chi connectivity index (χ0) is 11.8. The first-order chi connectivity index (χ1) is 7.47. The van der Waals surface area contributed by atoms with Crippen LogP contribution in [0, 0.1) is 5.92 Å². The van der Waals surface area contributed by atoms with Gasteiger partial charge in [0, 0.05) is 6.04 Å². The van der Waals surface area contributed by atoms with Crippen molar-refractivity contribution in [2.24, 2.45) is 11.7 Å². The van der Waals surface area contributed by atoms with Gasteiger partial charge in [0.2, 0.25) is 0 Å². The summed E-state index contributed by atoms with van der Waals surface area (Å²) in [6.45, 7) is 6.73. The molecule has 1 aliphatic carbocycles. The third kappa shape index (κ3) is 4.01. The van der Waals surface area contributed by atoms with Gasteiger partial charge in [-0.05, 0) is 28.9 Å². The van der Waals surface area contributed by atoms with Crippen LogP contribution >= 0.6 is 12.4 Å². The second-order valence-electron chi connectivity index (χ2n) is 6.16. The Labute approximate surface area is 111 Å². The minimum atomic E-state index is 0. The van der Waals surface area contributed by atoms with Gasteiger partial charge >= 0.3 is 0 Å². The van der Waals surface area contributed by atoms with Crippen molar-refractivity contribution in [2.45, 2.75) is 51.5 Å². The zero-order valence-electron chi connectivity index (χ0n) is 11.1. The summed E-state index contributed by atoms with van der Waals surface area (Å²) in [5.74, 6) is 0.900. The maximum absolute atomic E-state index is 6.20.